The van der Waals surface area contributed by atoms with Crippen molar-refractivity contribution in [2.75, 3.05) is 13.1 Å². The molecule has 1 aliphatic heterocycles. The summed E-state index contributed by atoms with van der Waals surface area (Å²) in [5.74, 6) is -1.59. The lowest BCUT2D eigenvalue weighted by Crippen LogP contribution is -2.29. The number of hydrogen-bond acceptors (Lipinski definition) is 3. The van der Waals surface area contributed by atoms with Gasteiger partial charge in [0.25, 0.3) is 5.91 Å². The molecule has 1 aliphatic rings. The number of hydrogen-bond donors (Lipinski definition) is 1. The molecule has 1 N–H and O–H groups in total. The van der Waals surface area contributed by atoms with Gasteiger partial charge < -0.3 is 10.0 Å². The third-order valence-electron chi connectivity index (χ3n) is 2.71. The number of thiophene rings is 1. The van der Waals surface area contributed by atoms with Crippen LogP contribution in [0.4, 0.5) is 0 Å². The number of halogens is 2. The van der Waals surface area contributed by atoms with Crippen LogP contribution in [0.15, 0.2) is 6.07 Å². The molecule has 4 nitrogen and oxygen atoms in total. The van der Waals surface area contributed by atoms with E-state index in [9.17, 15) is 9.59 Å². The number of likely N-dealkylation sites (tertiary alicyclic amines) is 1. The van der Waals surface area contributed by atoms with Crippen LogP contribution in [0.1, 0.15) is 16.8 Å². The van der Waals surface area contributed by atoms with Crippen molar-refractivity contribution in [2.45, 2.75) is 6.42 Å². The highest BCUT2D eigenvalue weighted by Gasteiger charge is 2.32. The van der Waals surface area contributed by atoms with Gasteiger partial charge in [0.1, 0.15) is 4.34 Å². The van der Waals surface area contributed by atoms with Gasteiger partial charge >= 0.3 is 5.97 Å². The third kappa shape index (κ3) is 2.56. The zero-order valence-electron chi connectivity index (χ0n) is 8.65. The van der Waals surface area contributed by atoms with E-state index in [0.29, 0.717) is 27.2 Å². The molecule has 0 aromatic carbocycles. The minimum Gasteiger partial charge on any atom is -0.481 e. The fourth-order valence-corrected chi connectivity index (χ4v) is 3.25. The largest absolute Gasteiger partial charge is 0.481 e. The first-order valence-corrected chi connectivity index (χ1v) is 6.53. The Labute approximate surface area is 112 Å². The Kier molecular flexibility index (Phi) is 3.61. The van der Waals surface area contributed by atoms with Crippen molar-refractivity contribution in [1.29, 1.82) is 0 Å². The fourth-order valence-electron chi connectivity index (χ4n) is 1.80. The molecule has 1 fully saturated rings. The first kappa shape index (κ1) is 12.7. The molecule has 0 bridgehead atoms. The zero-order valence-corrected chi connectivity index (χ0v) is 11.0. The van der Waals surface area contributed by atoms with E-state index < -0.39 is 11.9 Å². The highest BCUT2D eigenvalue weighted by atomic mass is 35.5. The van der Waals surface area contributed by atoms with Crippen molar-refractivity contribution < 1.29 is 14.7 Å². The maximum absolute atomic E-state index is 12.0. The van der Waals surface area contributed by atoms with Gasteiger partial charge in [0.05, 0.1) is 15.8 Å². The van der Waals surface area contributed by atoms with E-state index in [1.54, 1.807) is 0 Å². The quantitative estimate of drug-likeness (QED) is 0.912. The van der Waals surface area contributed by atoms with E-state index in [1.165, 1.54) is 11.0 Å². The van der Waals surface area contributed by atoms with Crippen molar-refractivity contribution >= 4 is 46.4 Å². The van der Waals surface area contributed by atoms with Gasteiger partial charge in [-0.05, 0) is 12.5 Å². The minimum absolute atomic E-state index is 0.234. The summed E-state index contributed by atoms with van der Waals surface area (Å²) in [7, 11) is 0. The second-order valence-corrected chi connectivity index (χ2v) is 6.10. The smallest absolute Gasteiger partial charge is 0.308 e. The van der Waals surface area contributed by atoms with Crippen LogP contribution in [-0.4, -0.2) is 35.0 Å². The highest BCUT2D eigenvalue weighted by molar-refractivity contribution is 7.20. The molecule has 92 valence electrons. The molecule has 0 spiro atoms. The SMILES string of the molecule is O=C(O)[C@@H]1CCN(C(=O)c2cc(Cl)sc2Cl)C1. The molecule has 1 aromatic heterocycles. The van der Waals surface area contributed by atoms with E-state index >= 15 is 0 Å². The summed E-state index contributed by atoms with van der Waals surface area (Å²) in [5.41, 5.74) is 0.354. The summed E-state index contributed by atoms with van der Waals surface area (Å²) >= 11 is 12.8. The van der Waals surface area contributed by atoms with Gasteiger partial charge in [0, 0.05) is 13.1 Å². The van der Waals surface area contributed by atoms with Crippen LogP contribution < -0.4 is 0 Å². The molecular weight excluding hydrogens is 285 g/mol. The van der Waals surface area contributed by atoms with Gasteiger partial charge in [-0.25, -0.2) is 0 Å². The number of carbonyl (C=O) groups is 2. The highest BCUT2D eigenvalue weighted by Crippen LogP contribution is 2.32. The molecule has 0 aliphatic carbocycles. The molecule has 1 aromatic rings. The number of carboxylic acids is 1. The number of nitrogens with zero attached hydrogens (tertiary/aromatic N) is 1. The molecule has 1 saturated heterocycles. The lowest BCUT2D eigenvalue weighted by atomic mass is 10.1. The van der Waals surface area contributed by atoms with Crippen molar-refractivity contribution in [3.05, 3.63) is 20.3 Å². The lowest BCUT2D eigenvalue weighted by molar-refractivity contribution is -0.141. The molecule has 7 heteroatoms. The van der Waals surface area contributed by atoms with Crippen molar-refractivity contribution in [3.63, 3.8) is 0 Å². The van der Waals surface area contributed by atoms with Gasteiger partial charge in [0.2, 0.25) is 0 Å². The predicted octanol–water partition coefficient (Wildman–Crippen LogP) is 2.60. The Hall–Kier alpha value is -0.780. The summed E-state index contributed by atoms with van der Waals surface area (Å²) in [4.78, 5) is 24.3. The van der Waals surface area contributed by atoms with Crippen LogP contribution in [-0.2, 0) is 4.79 Å². The van der Waals surface area contributed by atoms with E-state index in [1.807, 2.05) is 0 Å². The van der Waals surface area contributed by atoms with Crippen LogP contribution in [0.2, 0.25) is 8.67 Å². The average molecular weight is 294 g/mol. The van der Waals surface area contributed by atoms with Gasteiger partial charge in [-0.3, -0.25) is 9.59 Å². The van der Waals surface area contributed by atoms with Gasteiger partial charge in [-0.15, -0.1) is 11.3 Å². The molecular formula is C10H9Cl2NO3S. The van der Waals surface area contributed by atoms with Crippen LogP contribution in [0, 0.1) is 5.92 Å². The summed E-state index contributed by atoms with van der Waals surface area (Å²) in [6, 6.07) is 1.52. The maximum Gasteiger partial charge on any atom is 0.308 e. The Morgan fingerprint density at radius 1 is 1.47 bits per heavy atom. The second-order valence-electron chi connectivity index (χ2n) is 3.81. The number of carboxylic acid groups (broad SMARTS) is 1. The molecule has 0 saturated carbocycles. The van der Waals surface area contributed by atoms with E-state index in [4.69, 9.17) is 28.3 Å². The van der Waals surface area contributed by atoms with Crippen LogP contribution in [0.25, 0.3) is 0 Å². The molecule has 0 radical (unpaired) electrons. The average Bonchev–Trinajstić information content (AvgIpc) is 2.84. The van der Waals surface area contributed by atoms with Crippen molar-refractivity contribution in [3.8, 4) is 0 Å². The topological polar surface area (TPSA) is 57.6 Å². The van der Waals surface area contributed by atoms with E-state index in [-0.39, 0.29) is 12.5 Å². The number of amides is 1. The standard InChI is InChI=1S/C10H9Cl2NO3S/c11-7-3-6(8(12)17-7)9(14)13-2-1-5(4-13)10(15)16/h3,5H,1-2,4H2,(H,15,16)/t5-/m1/s1. The van der Waals surface area contributed by atoms with E-state index in [2.05, 4.69) is 0 Å². The summed E-state index contributed by atoms with van der Waals surface area (Å²) in [6.07, 6.45) is 0.483. The monoisotopic (exact) mass is 293 g/mol. The normalized spacial score (nSPS) is 19.6. The first-order valence-electron chi connectivity index (χ1n) is 4.96. The zero-order chi connectivity index (χ0) is 12.6. The molecule has 1 atom stereocenters. The fraction of sp³-hybridized carbons (Fsp3) is 0.400. The Bertz CT molecular complexity index is 474. The number of rotatable bonds is 2. The van der Waals surface area contributed by atoms with Gasteiger partial charge in [-0.1, -0.05) is 23.2 Å². The Morgan fingerprint density at radius 2 is 2.18 bits per heavy atom. The van der Waals surface area contributed by atoms with Gasteiger partial charge in [-0.2, -0.15) is 0 Å². The molecule has 2 heterocycles. The van der Waals surface area contributed by atoms with Crippen molar-refractivity contribution in [1.82, 2.24) is 4.90 Å². The number of aliphatic carboxylic acids is 1. The van der Waals surface area contributed by atoms with Crippen LogP contribution >= 0.6 is 34.5 Å². The Balaban J connectivity index is 2.12. The molecule has 1 amide bonds. The summed E-state index contributed by atoms with van der Waals surface area (Å²) < 4.78 is 0.797. The van der Waals surface area contributed by atoms with Crippen LogP contribution in [0.3, 0.4) is 0 Å². The Morgan fingerprint density at radius 3 is 2.65 bits per heavy atom. The minimum atomic E-state index is -0.866. The van der Waals surface area contributed by atoms with Crippen molar-refractivity contribution in [2.24, 2.45) is 5.92 Å². The predicted molar refractivity (Wildman–Crippen MR) is 66.0 cm³/mol. The summed E-state index contributed by atoms with van der Waals surface area (Å²) in [6.45, 7) is 0.678. The maximum atomic E-state index is 12.0. The second kappa shape index (κ2) is 4.84. The van der Waals surface area contributed by atoms with E-state index in [0.717, 1.165) is 11.3 Å². The first-order chi connectivity index (χ1) is 7.99. The summed E-state index contributed by atoms with van der Waals surface area (Å²) in [5, 5.41) is 8.86. The van der Waals surface area contributed by atoms with Crippen LogP contribution in [0.5, 0.6) is 0 Å². The molecule has 2 rings (SSSR count). The molecule has 17 heavy (non-hydrogen) atoms. The number of carbonyl (C=O) groups excluding carboxylic acids is 1. The lowest BCUT2D eigenvalue weighted by Gasteiger charge is -2.14. The molecule has 0 unspecified atom stereocenters. The van der Waals surface area contributed by atoms with Gasteiger partial charge in [0.15, 0.2) is 0 Å². The third-order valence-corrected chi connectivity index (χ3v) is 4.20.